The van der Waals surface area contributed by atoms with Gasteiger partial charge in [-0.2, -0.15) is 4.98 Å². The Bertz CT molecular complexity index is 1270. The maximum atomic E-state index is 13.2. The van der Waals surface area contributed by atoms with Gasteiger partial charge < -0.3 is 25.2 Å². The number of carbonyl (C=O) groups excluding carboxylic acids is 2. The molecular weight excluding hydrogens is 508 g/mol. The van der Waals surface area contributed by atoms with Crippen LogP contribution in [-0.4, -0.2) is 75.2 Å². The van der Waals surface area contributed by atoms with Gasteiger partial charge in [-0.1, -0.05) is 31.4 Å². The fraction of sp³-hybridized carbons (Fsp3) is 0.483. The maximum absolute atomic E-state index is 13.2. The summed E-state index contributed by atoms with van der Waals surface area (Å²) >= 11 is 0. The van der Waals surface area contributed by atoms with E-state index in [2.05, 4.69) is 25.5 Å². The summed E-state index contributed by atoms with van der Waals surface area (Å²) in [5, 5.41) is 6.27. The Morgan fingerprint density at radius 2 is 1.88 bits per heavy atom. The second-order valence-electron chi connectivity index (χ2n) is 10.5. The summed E-state index contributed by atoms with van der Waals surface area (Å²) in [5.41, 5.74) is 1.80. The quantitative estimate of drug-likeness (QED) is 0.446. The monoisotopic (exact) mass is 546 g/mol. The highest BCUT2D eigenvalue weighted by Crippen LogP contribution is 2.24. The van der Waals surface area contributed by atoms with Crippen molar-refractivity contribution in [3.63, 3.8) is 0 Å². The van der Waals surface area contributed by atoms with Gasteiger partial charge in [-0.25, -0.2) is 14.8 Å². The minimum Gasteiger partial charge on any atom is -0.497 e. The molecule has 2 fully saturated rings. The molecule has 5 rings (SSSR count). The Hall–Kier alpha value is -4.15. The molecule has 1 saturated carbocycles. The second-order valence-corrected chi connectivity index (χ2v) is 10.5. The molecule has 212 valence electrons. The summed E-state index contributed by atoms with van der Waals surface area (Å²) in [6.07, 6.45) is 11.0. The maximum Gasteiger partial charge on any atom is 0.317 e. The number of rotatable bonds is 8. The number of aryl methyl sites for hydroxylation is 1. The molecule has 3 aromatic rings. The molecule has 1 atom stereocenters. The van der Waals surface area contributed by atoms with Crippen molar-refractivity contribution in [2.24, 2.45) is 0 Å². The van der Waals surface area contributed by atoms with Crippen molar-refractivity contribution in [3.05, 3.63) is 60.3 Å². The van der Waals surface area contributed by atoms with Crippen LogP contribution in [0.5, 0.6) is 5.75 Å². The molecule has 1 unspecified atom stereocenters. The average molecular weight is 547 g/mol. The molecule has 3 amide bonds. The van der Waals surface area contributed by atoms with Crippen molar-refractivity contribution in [1.82, 2.24) is 35.1 Å². The fourth-order valence-electron chi connectivity index (χ4n) is 5.44. The van der Waals surface area contributed by atoms with Gasteiger partial charge in [-0.15, -0.1) is 0 Å². The van der Waals surface area contributed by atoms with E-state index in [1.807, 2.05) is 42.2 Å². The van der Waals surface area contributed by atoms with Crippen molar-refractivity contribution in [1.29, 1.82) is 0 Å². The van der Waals surface area contributed by atoms with E-state index in [-0.39, 0.29) is 30.4 Å². The zero-order chi connectivity index (χ0) is 27.9. The molecular formula is C29H38N8O3. The molecule has 11 nitrogen and oxygen atoms in total. The number of methoxy groups -OCH3 is 1. The molecule has 3 heterocycles. The number of nitrogens with zero attached hydrogens (tertiary/aromatic N) is 6. The molecule has 1 aliphatic heterocycles. The average Bonchev–Trinajstić information content (AvgIpc) is 3.52. The van der Waals surface area contributed by atoms with Gasteiger partial charge in [0.25, 0.3) is 0 Å². The van der Waals surface area contributed by atoms with E-state index in [9.17, 15) is 9.59 Å². The molecule has 0 spiro atoms. The van der Waals surface area contributed by atoms with E-state index in [4.69, 9.17) is 9.72 Å². The van der Waals surface area contributed by atoms with Crippen molar-refractivity contribution in [2.45, 2.75) is 64.1 Å². The van der Waals surface area contributed by atoms with Gasteiger partial charge in [0, 0.05) is 62.8 Å². The first-order chi connectivity index (χ1) is 19.5. The third kappa shape index (κ3) is 6.88. The van der Waals surface area contributed by atoms with Crippen LogP contribution >= 0.6 is 0 Å². The molecule has 2 aliphatic rings. The SMILES string of the molecule is COc1ccc(CNC(=O)CC2CN(C(=O)NC3CCCCC3)CCN2c2cc(C)nc(-n3ccnc3)n2)cc1. The summed E-state index contributed by atoms with van der Waals surface area (Å²) in [4.78, 5) is 43.8. The van der Waals surface area contributed by atoms with E-state index >= 15 is 0 Å². The van der Waals surface area contributed by atoms with E-state index in [1.165, 1.54) is 6.42 Å². The van der Waals surface area contributed by atoms with Crippen LogP contribution in [0.3, 0.4) is 0 Å². The number of anilines is 1. The van der Waals surface area contributed by atoms with Gasteiger partial charge in [0.1, 0.15) is 17.9 Å². The van der Waals surface area contributed by atoms with Crippen LogP contribution in [0.2, 0.25) is 0 Å². The molecule has 0 bridgehead atoms. The van der Waals surface area contributed by atoms with Gasteiger partial charge in [-0.3, -0.25) is 9.36 Å². The van der Waals surface area contributed by atoms with E-state index in [0.717, 1.165) is 48.5 Å². The van der Waals surface area contributed by atoms with E-state index < -0.39 is 0 Å². The number of amides is 3. The number of hydrogen-bond acceptors (Lipinski definition) is 7. The number of aromatic nitrogens is 4. The van der Waals surface area contributed by atoms with Crippen LogP contribution in [0, 0.1) is 6.92 Å². The van der Waals surface area contributed by atoms with Crippen LogP contribution < -0.4 is 20.3 Å². The topological polar surface area (TPSA) is 118 Å². The lowest BCUT2D eigenvalue weighted by molar-refractivity contribution is -0.121. The highest BCUT2D eigenvalue weighted by atomic mass is 16.5. The lowest BCUT2D eigenvalue weighted by Gasteiger charge is -2.42. The van der Waals surface area contributed by atoms with E-state index in [1.54, 1.807) is 30.4 Å². The van der Waals surface area contributed by atoms with Crippen molar-refractivity contribution >= 4 is 17.8 Å². The first kappa shape index (κ1) is 27.4. The summed E-state index contributed by atoms with van der Waals surface area (Å²) in [7, 11) is 1.63. The van der Waals surface area contributed by atoms with Crippen molar-refractivity contribution in [2.75, 3.05) is 31.6 Å². The Labute approximate surface area is 235 Å². The predicted molar refractivity (Wildman–Crippen MR) is 151 cm³/mol. The lowest BCUT2D eigenvalue weighted by Crippen LogP contribution is -2.59. The van der Waals surface area contributed by atoms with Crippen molar-refractivity contribution < 1.29 is 14.3 Å². The van der Waals surface area contributed by atoms with Crippen LogP contribution in [0.4, 0.5) is 10.6 Å². The molecule has 40 heavy (non-hydrogen) atoms. The van der Waals surface area contributed by atoms with Gasteiger partial charge in [0.05, 0.1) is 13.2 Å². The van der Waals surface area contributed by atoms with Gasteiger partial charge >= 0.3 is 6.03 Å². The van der Waals surface area contributed by atoms with Gasteiger partial charge in [-0.05, 0) is 37.5 Å². The highest BCUT2D eigenvalue weighted by Gasteiger charge is 2.33. The minimum absolute atomic E-state index is 0.0480. The third-order valence-corrected chi connectivity index (χ3v) is 7.63. The van der Waals surface area contributed by atoms with E-state index in [0.29, 0.717) is 32.1 Å². The van der Waals surface area contributed by atoms with Crippen LogP contribution in [0.15, 0.2) is 49.1 Å². The van der Waals surface area contributed by atoms with Gasteiger partial charge in [0.15, 0.2) is 0 Å². The predicted octanol–water partition coefficient (Wildman–Crippen LogP) is 3.22. The number of hydrogen-bond donors (Lipinski definition) is 2. The van der Waals surface area contributed by atoms with Crippen LogP contribution in [0.1, 0.15) is 49.8 Å². The largest absolute Gasteiger partial charge is 0.497 e. The fourth-order valence-corrected chi connectivity index (χ4v) is 5.44. The molecule has 1 aliphatic carbocycles. The Morgan fingerprint density at radius 3 is 2.60 bits per heavy atom. The second kappa shape index (κ2) is 12.8. The van der Waals surface area contributed by atoms with Crippen molar-refractivity contribution in [3.8, 4) is 11.7 Å². The van der Waals surface area contributed by atoms with Crippen LogP contribution in [0.25, 0.3) is 5.95 Å². The Balaban J connectivity index is 1.31. The molecule has 1 saturated heterocycles. The number of urea groups is 1. The van der Waals surface area contributed by atoms with Gasteiger partial charge in [0.2, 0.25) is 11.9 Å². The lowest BCUT2D eigenvalue weighted by atomic mass is 9.96. The summed E-state index contributed by atoms with van der Waals surface area (Å²) < 4.78 is 6.99. The summed E-state index contributed by atoms with van der Waals surface area (Å²) in [6.45, 7) is 3.88. The summed E-state index contributed by atoms with van der Waals surface area (Å²) in [6, 6.07) is 9.49. The normalized spacial score (nSPS) is 17.9. The molecule has 11 heteroatoms. The zero-order valence-corrected chi connectivity index (χ0v) is 23.3. The molecule has 0 radical (unpaired) electrons. The number of carbonyl (C=O) groups is 2. The smallest absolute Gasteiger partial charge is 0.317 e. The Morgan fingerprint density at radius 1 is 1.07 bits per heavy atom. The van der Waals surface area contributed by atoms with Crippen LogP contribution in [-0.2, 0) is 11.3 Å². The molecule has 1 aromatic carbocycles. The zero-order valence-electron chi connectivity index (χ0n) is 23.3. The number of nitrogens with one attached hydrogen (secondary N) is 2. The first-order valence-electron chi connectivity index (χ1n) is 14.0. The summed E-state index contributed by atoms with van der Waals surface area (Å²) in [5.74, 6) is 1.94. The number of piperazine rings is 1. The highest BCUT2D eigenvalue weighted by molar-refractivity contribution is 5.78. The molecule has 2 aromatic heterocycles. The Kier molecular flexibility index (Phi) is 8.78. The minimum atomic E-state index is -0.244. The number of benzene rings is 1. The first-order valence-corrected chi connectivity index (χ1v) is 14.0. The standard InChI is InChI=1S/C29H38N8O3/c1-21-16-26(34-28(32-21)36-13-12-30-20-36)37-15-14-35(29(39)33-23-6-4-3-5-7-23)19-24(37)17-27(38)31-18-22-8-10-25(40-2)11-9-22/h8-13,16,20,23-24H,3-7,14-15,17-19H2,1-2H3,(H,31,38)(H,33,39). The molecule has 2 N–H and O–H groups in total. The number of imidazole rings is 1. The third-order valence-electron chi connectivity index (χ3n) is 7.63. The number of ether oxygens (including phenoxy) is 1.